The van der Waals surface area contributed by atoms with Crippen molar-refractivity contribution in [2.45, 2.75) is 0 Å². The van der Waals surface area contributed by atoms with Crippen LogP contribution in [0.15, 0.2) is 42.5 Å². The Balaban J connectivity index is 2.24. The van der Waals surface area contributed by atoms with Crippen LogP contribution in [0.5, 0.6) is 5.75 Å². The van der Waals surface area contributed by atoms with Gasteiger partial charge in [0.1, 0.15) is 23.2 Å². The average Bonchev–Trinajstić information content (AvgIpc) is 2.32. The topological polar surface area (TPSA) is 26.3 Å². The Labute approximate surface area is 101 Å². The minimum Gasteiger partial charge on any atom is -0.423 e. The van der Waals surface area contributed by atoms with Gasteiger partial charge in [-0.1, -0.05) is 6.07 Å². The molecule has 0 bridgehead atoms. The number of carbonyl (C=O) groups excluding carboxylic acids is 1. The summed E-state index contributed by atoms with van der Waals surface area (Å²) in [4.78, 5) is 11.5. The number of halogens is 3. The molecule has 0 aromatic heterocycles. The molecule has 0 amide bonds. The highest BCUT2D eigenvalue weighted by Gasteiger charge is 2.15. The molecule has 0 spiro atoms. The van der Waals surface area contributed by atoms with Gasteiger partial charge in [0.25, 0.3) is 0 Å². The number of rotatable bonds is 2. The second-order valence-electron chi connectivity index (χ2n) is 3.47. The number of ether oxygens (including phenoxy) is 1. The molecular formula is C13H7F3O2. The normalized spacial score (nSPS) is 10.2. The molecule has 5 heteroatoms. The van der Waals surface area contributed by atoms with E-state index in [1.807, 2.05) is 0 Å². The van der Waals surface area contributed by atoms with E-state index in [-0.39, 0.29) is 5.75 Å². The van der Waals surface area contributed by atoms with Crippen molar-refractivity contribution in [1.82, 2.24) is 0 Å². The SMILES string of the molecule is O=C(Oc1cccc(F)c1)c1cc(F)ccc1F. The maximum Gasteiger partial charge on any atom is 0.346 e. The summed E-state index contributed by atoms with van der Waals surface area (Å²) >= 11 is 0. The molecule has 0 saturated heterocycles. The van der Waals surface area contributed by atoms with E-state index in [1.54, 1.807) is 0 Å². The summed E-state index contributed by atoms with van der Waals surface area (Å²) in [6, 6.07) is 7.22. The van der Waals surface area contributed by atoms with E-state index in [4.69, 9.17) is 4.74 Å². The largest absolute Gasteiger partial charge is 0.423 e. The maximum atomic E-state index is 13.3. The lowest BCUT2D eigenvalue weighted by molar-refractivity contribution is 0.0729. The molecule has 0 heterocycles. The number of benzene rings is 2. The van der Waals surface area contributed by atoms with Crippen LogP contribution in [0.2, 0.25) is 0 Å². The summed E-state index contributed by atoms with van der Waals surface area (Å²) in [6.07, 6.45) is 0. The first-order valence-corrected chi connectivity index (χ1v) is 4.99. The molecule has 0 radical (unpaired) electrons. The maximum absolute atomic E-state index is 13.3. The lowest BCUT2D eigenvalue weighted by atomic mass is 10.2. The van der Waals surface area contributed by atoms with Gasteiger partial charge in [0.05, 0.1) is 5.56 Å². The Kier molecular flexibility index (Phi) is 3.32. The molecule has 2 nitrogen and oxygen atoms in total. The predicted molar refractivity (Wildman–Crippen MR) is 57.7 cm³/mol. The first kappa shape index (κ1) is 12.2. The minimum absolute atomic E-state index is 0.0799. The molecule has 2 rings (SSSR count). The lowest BCUT2D eigenvalue weighted by Gasteiger charge is -2.05. The molecule has 0 aliphatic heterocycles. The van der Waals surface area contributed by atoms with Gasteiger partial charge in [0, 0.05) is 6.07 Å². The van der Waals surface area contributed by atoms with Gasteiger partial charge in [0.2, 0.25) is 0 Å². The minimum atomic E-state index is -1.09. The molecule has 18 heavy (non-hydrogen) atoms. The summed E-state index contributed by atoms with van der Waals surface area (Å²) in [5.74, 6) is -3.43. The fraction of sp³-hybridized carbons (Fsp3) is 0. The van der Waals surface area contributed by atoms with Crippen LogP contribution in [0.3, 0.4) is 0 Å². The zero-order chi connectivity index (χ0) is 13.1. The second-order valence-corrected chi connectivity index (χ2v) is 3.47. The molecule has 0 aliphatic rings. The molecule has 0 fully saturated rings. The van der Waals surface area contributed by atoms with Crippen molar-refractivity contribution in [3.05, 3.63) is 65.5 Å². The molecule has 0 saturated carbocycles. The van der Waals surface area contributed by atoms with Gasteiger partial charge in [-0.05, 0) is 30.3 Å². The van der Waals surface area contributed by atoms with Gasteiger partial charge in [-0.3, -0.25) is 0 Å². The predicted octanol–water partition coefficient (Wildman–Crippen LogP) is 3.32. The molecule has 0 aliphatic carbocycles. The van der Waals surface area contributed by atoms with E-state index in [1.165, 1.54) is 18.2 Å². The van der Waals surface area contributed by atoms with Crippen molar-refractivity contribution in [2.75, 3.05) is 0 Å². The Morgan fingerprint density at radius 2 is 1.67 bits per heavy atom. The Morgan fingerprint density at radius 3 is 2.39 bits per heavy atom. The van der Waals surface area contributed by atoms with Gasteiger partial charge in [-0.15, -0.1) is 0 Å². The van der Waals surface area contributed by atoms with E-state index in [2.05, 4.69) is 0 Å². The van der Waals surface area contributed by atoms with Crippen LogP contribution in [-0.2, 0) is 0 Å². The van der Waals surface area contributed by atoms with Crippen molar-refractivity contribution < 1.29 is 22.7 Å². The van der Waals surface area contributed by atoms with Crippen LogP contribution in [0.25, 0.3) is 0 Å². The fourth-order valence-corrected chi connectivity index (χ4v) is 1.35. The standard InChI is InChI=1S/C13H7F3O2/c14-8-2-1-3-10(6-8)18-13(17)11-7-9(15)4-5-12(11)16/h1-7H. The molecule has 0 N–H and O–H groups in total. The van der Waals surface area contributed by atoms with E-state index in [0.29, 0.717) is 0 Å². The van der Waals surface area contributed by atoms with Crippen LogP contribution in [0, 0.1) is 17.5 Å². The van der Waals surface area contributed by atoms with Gasteiger partial charge >= 0.3 is 5.97 Å². The van der Waals surface area contributed by atoms with Crippen molar-refractivity contribution in [3.63, 3.8) is 0 Å². The summed E-state index contributed by atoms with van der Waals surface area (Å²) in [5.41, 5.74) is -0.542. The Hall–Kier alpha value is -2.30. The molecule has 2 aromatic rings. The molecule has 92 valence electrons. The summed E-state index contributed by atoms with van der Waals surface area (Å²) in [7, 11) is 0. The summed E-state index contributed by atoms with van der Waals surface area (Å²) < 4.78 is 43.7. The van der Waals surface area contributed by atoms with Gasteiger partial charge in [-0.25, -0.2) is 18.0 Å². The van der Waals surface area contributed by atoms with Gasteiger partial charge in [-0.2, -0.15) is 0 Å². The van der Waals surface area contributed by atoms with E-state index in [0.717, 1.165) is 24.3 Å². The zero-order valence-corrected chi connectivity index (χ0v) is 8.99. The third-order valence-electron chi connectivity index (χ3n) is 2.15. The third kappa shape index (κ3) is 2.68. The van der Waals surface area contributed by atoms with E-state index < -0.39 is 29.0 Å². The lowest BCUT2D eigenvalue weighted by Crippen LogP contribution is -2.11. The van der Waals surface area contributed by atoms with Gasteiger partial charge < -0.3 is 4.74 Å². The van der Waals surface area contributed by atoms with Crippen molar-refractivity contribution in [3.8, 4) is 5.75 Å². The first-order valence-electron chi connectivity index (χ1n) is 4.99. The Morgan fingerprint density at radius 1 is 0.944 bits per heavy atom. The number of carbonyl (C=O) groups is 1. The van der Waals surface area contributed by atoms with Crippen molar-refractivity contribution in [1.29, 1.82) is 0 Å². The molecule has 2 aromatic carbocycles. The van der Waals surface area contributed by atoms with Crippen LogP contribution < -0.4 is 4.74 Å². The highest BCUT2D eigenvalue weighted by Crippen LogP contribution is 2.16. The summed E-state index contributed by atoms with van der Waals surface area (Å²) in [6.45, 7) is 0. The molecular weight excluding hydrogens is 245 g/mol. The Bertz CT molecular complexity index is 597. The van der Waals surface area contributed by atoms with E-state index in [9.17, 15) is 18.0 Å². The first-order chi connectivity index (χ1) is 8.56. The van der Waals surface area contributed by atoms with Crippen LogP contribution in [0.4, 0.5) is 13.2 Å². The number of hydrogen-bond donors (Lipinski definition) is 0. The van der Waals surface area contributed by atoms with Crippen LogP contribution >= 0.6 is 0 Å². The average molecular weight is 252 g/mol. The number of esters is 1. The second kappa shape index (κ2) is 4.91. The van der Waals surface area contributed by atoms with Crippen LogP contribution in [-0.4, -0.2) is 5.97 Å². The fourth-order valence-electron chi connectivity index (χ4n) is 1.35. The van der Waals surface area contributed by atoms with Crippen molar-refractivity contribution in [2.24, 2.45) is 0 Å². The zero-order valence-electron chi connectivity index (χ0n) is 8.99. The molecule has 0 atom stereocenters. The monoisotopic (exact) mass is 252 g/mol. The summed E-state index contributed by atoms with van der Waals surface area (Å²) in [5, 5.41) is 0. The van der Waals surface area contributed by atoms with Crippen LogP contribution in [0.1, 0.15) is 10.4 Å². The smallest absolute Gasteiger partial charge is 0.346 e. The third-order valence-corrected chi connectivity index (χ3v) is 2.15. The van der Waals surface area contributed by atoms with Crippen molar-refractivity contribution >= 4 is 5.97 Å². The quantitative estimate of drug-likeness (QED) is 0.605. The number of hydrogen-bond acceptors (Lipinski definition) is 2. The molecule has 0 unspecified atom stereocenters. The van der Waals surface area contributed by atoms with E-state index >= 15 is 0 Å². The highest BCUT2D eigenvalue weighted by molar-refractivity contribution is 5.91. The highest BCUT2D eigenvalue weighted by atomic mass is 19.1. The van der Waals surface area contributed by atoms with Gasteiger partial charge in [0.15, 0.2) is 0 Å².